The number of benzene rings is 1. The van der Waals surface area contributed by atoms with Gasteiger partial charge >= 0.3 is 0 Å². The van der Waals surface area contributed by atoms with Crippen molar-refractivity contribution in [2.75, 3.05) is 6.54 Å². The summed E-state index contributed by atoms with van der Waals surface area (Å²) in [4.78, 5) is 19.8. The number of carbonyl (C=O) groups excluding carboxylic acids is 1. The van der Waals surface area contributed by atoms with E-state index in [-0.39, 0.29) is 11.9 Å². The van der Waals surface area contributed by atoms with Crippen LogP contribution in [0.5, 0.6) is 0 Å². The summed E-state index contributed by atoms with van der Waals surface area (Å²) >= 11 is 1.48. The van der Waals surface area contributed by atoms with E-state index in [1.807, 2.05) is 36.9 Å². The quantitative estimate of drug-likeness (QED) is 0.702. The highest BCUT2D eigenvalue weighted by Gasteiger charge is 2.34. The molecule has 3 heterocycles. The maximum atomic E-state index is 12.8. The van der Waals surface area contributed by atoms with Crippen LogP contribution in [0.2, 0.25) is 0 Å². The van der Waals surface area contributed by atoms with E-state index in [4.69, 9.17) is 4.42 Å². The second kappa shape index (κ2) is 6.99. The van der Waals surface area contributed by atoms with Gasteiger partial charge < -0.3 is 9.32 Å². The monoisotopic (exact) mass is 368 g/mol. The smallest absolute Gasteiger partial charge is 0.259 e. The Morgan fingerprint density at radius 1 is 1.35 bits per heavy atom. The zero-order valence-corrected chi connectivity index (χ0v) is 15.6. The van der Waals surface area contributed by atoms with Gasteiger partial charge in [-0.05, 0) is 32.3 Å². The molecule has 1 saturated heterocycles. The maximum Gasteiger partial charge on any atom is 0.259 e. The maximum absolute atomic E-state index is 12.8. The van der Waals surface area contributed by atoms with Gasteiger partial charge in [-0.3, -0.25) is 4.79 Å². The van der Waals surface area contributed by atoms with Gasteiger partial charge in [-0.2, -0.15) is 0 Å². The van der Waals surface area contributed by atoms with Crippen LogP contribution < -0.4 is 0 Å². The van der Waals surface area contributed by atoms with Crippen LogP contribution in [0.4, 0.5) is 0 Å². The molecular weight excluding hydrogens is 348 g/mol. The normalized spacial score (nSPS) is 17.0. The van der Waals surface area contributed by atoms with Crippen molar-refractivity contribution in [2.24, 2.45) is 0 Å². The lowest BCUT2D eigenvalue weighted by Gasteiger charge is -2.22. The summed E-state index contributed by atoms with van der Waals surface area (Å²) in [6.45, 7) is 4.68. The molecule has 1 aliphatic heterocycles. The molecule has 2 aromatic heterocycles. The van der Waals surface area contributed by atoms with E-state index in [0.717, 1.165) is 41.1 Å². The van der Waals surface area contributed by atoms with Crippen LogP contribution in [0.3, 0.4) is 0 Å². The van der Waals surface area contributed by atoms with Crippen LogP contribution >= 0.6 is 11.3 Å². The zero-order chi connectivity index (χ0) is 18.1. The van der Waals surface area contributed by atoms with Gasteiger partial charge in [-0.15, -0.1) is 21.5 Å². The van der Waals surface area contributed by atoms with Crippen LogP contribution in [0.15, 0.2) is 34.2 Å². The lowest BCUT2D eigenvalue weighted by molar-refractivity contribution is -0.131. The summed E-state index contributed by atoms with van der Waals surface area (Å²) in [5.74, 6) is 1.10. The third-order valence-corrected chi connectivity index (χ3v) is 5.59. The average Bonchev–Trinajstić information content (AvgIpc) is 3.34. The second-order valence-corrected chi connectivity index (χ2v) is 7.48. The Morgan fingerprint density at radius 2 is 2.23 bits per heavy atom. The van der Waals surface area contributed by atoms with E-state index in [0.29, 0.717) is 18.2 Å². The number of amides is 1. The minimum atomic E-state index is -0.137. The largest absolute Gasteiger partial charge is 0.418 e. The van der Waals surface area contributed by atoms with E-state index in [1.54, 1.807) is 5.51 Å². The van der Waals surface area contributed by atoms with Gasteiger partial charge in [0.1, 0.15) is 10.9 Å². The van der Waals surface area contributed by atoms with Gasteiger partial charge in [-0.1, -0.05) is 29.8 Å². The lowest BCUT2D eigenvalue weighted by atomic mass is 10.1. The topological polar surface area (TPSA) is 72.1 Å². The van der Waals surface area contributed by atoms with Gasteiger partial charge in [0, 0.05) is 6.54 Å². The molecule has 1 fully saturated rings. The third-order valence-electron chi connectivity index (χ3n) is 4.68. The van der Waals surface area contributed by atoms with Gasteiger partial charge in [0.15, 0.2) is 0 Å². The van der Waals surface area contributed by atoms with E-state index in [9.17, 15) is 4.79 Å². The molecule has 1 aromatic carbocycles. The predicted octanol–water partition coefficient (Wildman–Crippen LogP) is 3.72. The minimum Gasteiger partial charge on any atom is -0.418 e. The van der Waals surface area contributed by atoms with E-state index < -0.39 is 0 Å². The molecule has 0 saturated carbocycles. The molecule has 3 aromatic rings. The number of thiazole rings is 1. The molecule has 1 atom stereocenters. The number of hydrogen-bond acceptors (Lipinski definition) is 6. The Balaban J connectivity index is 1.52. The number of aromatic nitrogens is 3. The molecule has 26 heavy (non-hydrogen) atoms. The number of carbonyl (C=O) groups is 1. The Labute approximate surface area is 155 Å². The van der Waals surface area contributed by atoms with Gasteiger partial charge in [0.2, 0.25) is 11.8 Å². The fraction of sp³-hybridized carbons (Fsp3) is 0.368. The highest BCUT2D eigenvalue weighted by Crippen LogP contribution is 2.34. The molecule has 6 nitrogen and oxygen atoms in total. The first-order valence-electron chi connectivity index (χ1n) is 8.70. The summed E-state index contributed by atoms with van der Waals surface area (Å²) in [5, 5.41) is 8.39. The van der Waals surface area contributed by atoms with E-state index in [1.165, 1.54) is 11.3 Å². The predicted molar refractivity (Wildman–Crippen MR) is 98.7 cm³/mol. The Kier molecular flexibility index (Phi) is 4.55. The second-order valence-electron chi connectivity index (χ2n) is 6.62. The molecule has 4 rings (SSSR count). The molecule has 0 radical (unpaired) electrons. The molecule has 1 amide bonds. The van der Waals surface area contributed by atoms with Crippen LogP contribution in [-0.4, -0.2) is 32.5 Å². The van der Waals surface area contributed by atoms with Crippen LogP contribution in [-0.2, 0) is 11.2 Å². The number of hydrogen-bond donors (Lipinski definition) is 0. The standard InChI is InChI=1S/C19H20N4O2S/c1-12-5-3-6-14(9-12)10-16(24)23-8-4-7-15(23)18-21-22-19(25-18)17-13(2)20-11-26-17/h3,5-6,9,11,15H,4,7-8,10H2,1-2H3/t15-/m1/s1. The van der Waals surface area contributed by atoms with Crippen LogP contribution in [0, 0.1) is 13.8 Å². The lowest BCUT2D eigenvalue weighted by Crippen LogP contribution is -2.32. The first kappa shape index (κ1) is 16.9. The third kappa shape index (κ3) is 3.26. The summed E-state index contributed by atoms with van der Waals surface area (Å²) in [7, 11) is 0. The fourth-order valence-electron chi connectivity index (χ4n) is 3.39. The Morgan fingerprint density at radius 3 is 3.00 bits per heavy atom. The Hall–Kier alpha value is -2.54. The number of aryl methyl sites for hydroxylation is 2. The average molecular weight is 368 g/mol. The van der Waals surface area contributed by atoms with Crippen LogP contribution in [0.25, 0.3) is 10.8 Å². The molecule has 1 aliphatic rings. The number of rotatable bonds is 4. The minimum absolute atomic E-state index is 0.104. The molecule has 0 spiro atoms. The van der Waals surface area contributed by atoms with E-state index >= 15 is 0 Å². The molecule has 0 aliphatic carbocycles. The van der Waals surface area contributed by atoms with Gasteiger partial charge in [0.05, 0.1) is 17.6 Å². The van der Waals surface area contributed by atoms with E-state index in [2.05, 4.69) is 21.2 Å². The van der Waals surface area contributed by atoms with Crippen molar-refractivity contribution in [3.8, 4) is 10.8 Å². The van der Waals surface area contributed by atoms with Crippen molar-refractivity contribution in [2.45, 2.75) is 39.2 Å². The Bertz CT molecular complexity index is 933. The SMILES string of the molecule is Cc1cccc(CC(=O)N2CCC[C@@H]2c2nnc(-c3scnc3C)o2)c1. The van der Waals surface area contributed by atoms with Crippen molar-refractivity contribution in [1.82, 2.24) is 20.1 Å². The fourth-order valence-corrected chi connectivity index (χ4v) is 4.11. The summed E-state index contributed by atoms with van der Waals surface area (Å²) < 4.78 is 5.90. The van der Waals surface area contributed by atoms with Gasteiger partial charge in [-0.25, -0.2) is 4.98 Å². The number of likely N-dealkylation sites (tertiary alicyclic amines) is 1. The van der Waals surface area contributed by atoms with Crippen molar-refractivity contribution < 1.29 is 9.21 Å². The highest BCUT2D eigenvalue weighted by atomic mass is 32.1. The molecule has 0 bridgehead atoms. The summed E-state index contributed by atoms with van der Waals surface area (Å²) in [5.41, 5.74) is 4.84. The van der Waals surface area contributed by atoms with Crippen molar-refractivity contribution in [1.29, 1.82) is 0 Å². The van der Waals surface area contributed by atoms with Crippen LogP contribution in [0.1, 0.15) is 41.6 Å². The van der Waals surface area contributed by atoms with Crippen molar-refractivity contribution in [3.05, 3.63) is 52.5 Å². The molecule has 7 heteroatoms. The zero-order valence-electron chi connectivity index (χ0n) is 14.8. The summed E-state index contributed by atoms with van der Waals surface area (Å²) in [6.07, 6.45) is 2.19. The van der Waals surface area contributed by atoms with Crippen molar-refractivity contribution in [3.63, 3.8) is 0 Å². The molecule has 0 unspecified atom stereocenters. The van der Waals surface area contributed by atoms with Crippen molar-refractivity contribution >= 4 is 17.2 Å². The van der Waals surface area contributed by atoms with Gasteiger partial charge in [0.25, 0.3) is 5.89 Å². The highest BCUT2D eigenvalue weighted by molar-refractivity contribution is 7.13. The number of nitrogens with zero attached hydrogens (tertiary/aromatic N) is 4. The first-order valence-corrected chi connectivity index (χ1v) is 9.58. The summed E-state index contributed by atoms with van der Waals surface area (Å²) in [6, 6.07) is 7.93. The molecular formula is C19H20N4O2S. The molecule has 134 valence electrons. The molecule has 0 N–H and O–H groups in total. The first-order chi connectivity index (χ1) is 12.6.